The van der Waals surface area contributed by atoms with Gasteiger partial charge in [-0.1, -0.05) is 11.6 Å². The van der Waals surface area contributed by atoms with Gasteiger partial charge in [-0.3, -0.25) is 9.59 Å². The summed E-state index contributed by atoms with van der Waals surface area (Å²) in [5.74, 6) is -1.03. The van der Waals surface area contributed by atoms with Gasteiger partial charge < -0.3 is 11.1 Å². The maximum atomic E-state index is 12.9. The van der Waals surface area contributed by atoms with Crippen molar-refractivity contribution >= 4 is 49.8 Å². The van der Waals surface area contributed by atoms with Crippen molar-refractivity contribution in [1.29, 1.82) is 0 Å². The molecule has 1 aliphatic heterocycles. The summed E-state index contributed by atoms with van der Waals surface area (Å²) in [6.45, 7) is 0.513. The SMILES string of the molecule is NC(=O)c1c(NC(=O)C2CCN(S(=O)(=O)c3ccc(Cl)cc3)CC2)sc2c1CCCC2. The maximum Gasteiger partial charge on any atom is 0.251 e. The Morgan fingerprint density at radius 2 is 1.74 bits per heavy atom. The van der Waals surface area contributed by atoms with E-state index in [1.165, 1.54) is 27.8 Å². The van der Waals surface area contributed by atoms with Crippen molar-refractivity contribution in [3.05, 3.63) is 45.3 Å². The molecule has 1 fully saturated rings. The van der Waals surface area contributed by atoms with Gasteiger partial charge in [-0.2, -0.15) is 4.31 Å². The van der Waals surface area contributed by atoms with Crippen molar-refractivity contribution in [2.24, 2.45) is 11.7 Å². The van der Waals surface area contributed by atoms with Crippen LogP contribution in [-0.2, 0) is 27.7 Å². The Hall–Kier alpha value is -1.94. The number of nitrogens with one attached hydrogen (secondary N) is 1. The topological polar surface area (TPSA) is 110 Å². The third kappa shape index (κ3) is 4.50. The van der Waals surface area contributed by atoms with E-state index in [1.807, 2.05) is 0 Å². The first-order chi connectivity index (χ1) is 14.8. The second-order valence-electron chi connectivity index (χ2n) is 7.90. The lowest BCUT2D eigenvalue weighted by molar-refractivity contribution is -0.120. The van der Waals surface area contributed by atoms with Gasteiger partial charge >= 0.3 is 0 Å². The van der Waals surface area contributed by atoms with E-state index < -0.39 is 15.9 Å². The van der Waals surface area contributed by atoms with Crippen LogP contribution in [0.1, 0.15) is 46.5 Å². The number of benzene rings is 1. The van der Waals surface area contributed by atoms with Gasteiger partial charge in [0, 0.05) is 28.9 Å². The average molecular weight is 482 g/mol. The van der Waals surface area contributed by atoms with E-state index in [-0.39, 0.29) is 29.8 Å². The number of amides is 2. The maximum absolute atomic E-state index is 12.9. The predicted octanol–water partition coefficient (Wildman–Crippen LogP) is 3.42. The summed E-state index contributed by atoms with van der Waals surface area (Å²) >= 11 is 7.29. The summed E-state index contributed by atoms with van der Waals surface area (Å²) < 4.78 is 27.1. The molecule has 1 aromatic heterocycles. The summed E-state index contributed by atoms with van der Waals surface area (Å²) in [6.07, 6.45) is 4.61. The third-order valence-electron chi connectivity index (χ3n) is 5.93. The van der Waals surface area contributed by atoms with Crippen LogP contribution in [0, 0.1) is 5.92 Å². The van der Waals surface area contributed by atoms with E-state index in [1.54, 1.807) is 12.1 Å². The number of nitrogens with two attached hydrogens (primary N) is 1. The van der Waals surface area contributed by atoms with Crippen molar-refractivity contribution in [3.63, 3.8) is 0 Å². The fourth-order valence-corrected chi connectivity index (χ4v) is 7.14. The molecule has 166 valence electrons. The fraction of sp³-hybridized carbons (Fsp3) is 0.429. The first-order valence-corrected chi connectivity index (χ1v) is 12.9. The number of hydrogen-bond acceptors (Lipinski definition) is 5. The van der Waals surface area contributed by atoms with Gasteiger partial charge in [0.2, 0.25) is 15.9 Å². The molecule has 0 atom stereocenters. The van der Waals surface area contributed by atoms with Gasteiger partial charge in [0.15, 0.2) is 0 Å². The number of carbonyl (C=O) groups excluding carboxylic acids is 2. The van der Waals surface area contributed by atoms with Crippen LogP contribution in [0.2, 0.25) is 5.02 Å². The van der Waals surface area contributed by atoms with Crippen molar-refractivity contribution in [2.75, 3.05) is 18.4 Å². The summed E-state index contributed by atoms with van der Waals surface area (Å²) in [5, 5.41) is 3.91. The molecule has 2 heterocycles. The van der Waals surface area contributed by atoms with Crippen LogP contribution < -0.4 is 11.1 Å². The second kappa shape index (κ2) is 8.90. The molecule has 2 aliphatic rings. The standard InChI is InChI=1S/C21H24ClN3O4S2/c22-14-5-7-15(8-6-14)31(28,29)25-11-9-13(10-12-25)20(27)24-21-18(19(23)26)16-3-1-2-4-17(16)30-21/h5-8,13H,1-4,9-12H2,(H2,23,26)(H,24,27). The first kappa shape index (κ1) is 22.3. The molecule has 10 heteroatoms. The molecule has 2 aromatic rings. The first-order valence-electron chi connectivity index (χ1n) is 10.3. The summed E-state index contributed by atoms with van der Waals surface area (Å²) in [5.41, 5.74) is 7.02. The number of nitrogens with zero attached hydrogens (tertiary/aromatic N) is 1. The third-order valence-corrected chi connectivity index (χ3v) is 9.30. The minimum atomic E-state index is -3.62. The van der Waals surface area contributed by atoms with E-state index in [4.69, 9.17) is 17.3 Å². The monoisotopic (exact) mass is 481 g/mol. The van der Waals surface area contributed by atoms with Crippen LogP contribution >= 0.6 is 22.9 Å². The molecule has 2 amide bonds. The van der Waals surface area contributed by atoms with Crippen LogP contribution in [0.3, 0.4) is 0 Å². The van der Waals surface area contributed by atoms with Crippen LogP contribution in [0.15, 0.2) is 29.2 Å². The lowest BCUT2D eigenvalue weighted by atomic mass is 9.95. The average Bonchev–Trinajstić information content (AvgIpc) is 3.12. The van der Waals surface area contributed by atoms with Crippen molar-refractivity contribution < 1.29 is 18.0 Å². The zero-order valence-electron chi connectivity index (χ0n) is 16.9. The van der Waals surface area contributed by atoms with Gasteiger partial charge in [-0.05, 0) is 68.4 Å². The number of fused-ring (bicyclic) bond motifs is 1. The second-order valence-corrected chi connectivity index (χ2v) is 11.4. The number of hydrogen-bond donors (Lipinski definition) is 2. The molecule has 31 heavy (non-hydrogen) atoms. The molecule has 0 spiro atoms. The van der Waals surface area contributed by atoms with E-state index in [9.17, 15) is 18.0 Å². The number of rotatable bonds is 5. The number of halogens is 1. The highest BCUT2D eigenvalue weighted by molar-refractivity contribution is 7.89. The van der Waals surface area contributed by atoms with Crippen molar-refractivity contribution in [1.82, 2.24) is 4.31 Å². The Morgan fingerprint density at radius 3 is 2.39 bits per heavy atom. The minimum Gasteiger partial charge on any atom is -0.365 e. The molecule has 0 saturated carbocycles. The molecule has 3 N–H and O–H groups in total. The van der Waals surface area contributed by atoms with Gasteiger partial charge in [0.05, 0.1) is 10.5 Å². The van der Waals surface area contributed by atoms with E-state index in [2.05, 4.69) is 5.32 Å². The zero-order chi connectivity index (χ0) is 22.2. The zero-order valence-corrected chi connectivity index (χ0v) is 19.3. The number of aryl methyl sites for hydroxylation is 1. The molecule has 0 unspecified atom stereocenters. The molecular formula is C21H24ClN3O4S2. The van der Waals surface area contributed by atoms with E-state index >= 15 is 0 Å². The normalized spacial score (nSPS) is 17.8. The Bertz CT molecular complexity index is 1100. The molecule has 1 saturated heterocycles. The number of piperidine rings is 1. The van der Waals surface area contributed by atoms with E-state index in [0.717, 1.165) is 36.1 Å². The lowest BCUT2D eigenvalue weighted by Gasteiger charge is -2.30. The molecule has 0 bridgehead atoms. The number of anilines is 1. The molecule has 1 aliphatic carbocycles. The Labute approximate surface area is 190 Å². The Balaban J connectivity index is 1.43. The molecule has 7 nitrogen and oxygen atoms in total. The van der Waals surface area contributed by atoms with Crippen molar-refractivity contribution in [3.8, 4) is 0 Å². The quantitative estimate of drug-likeness (QED) is 0.681. The lowest BCUT2D eigenvalue weighted by Crippen LogP contribution is -2.41. The van der Waals surface area contributed by atoms with E-state index in [0.29, 0.717) is 28.4 Å². The van der Waals surface area contributed by atoms with Crippen LogP contribution in [0.25, 0.3) is 0 Å². The summed E-state index contributed by atoms with van der Waals surface area (Å²) in [4.78, 5) is 26.2. The molecule has 0 radical (unpaired) electrons. The van der Waals surface area contributed by atoms with Crippen LogP contribution in [0.5, 0.6) is 0 Å². The Kier molecular flexibility index (Phi) is 6.39. The van der Waals surface area contributed by atoms with Gasteiger partial charge in [-0.25, -0.2) is 8.42 Å². The highest BCUT2D eigenvalue weighted by atomic mass is 35.5. The summed E-state index contributed by atoms with van der Waals surface area (Å²) in [6, 6.07) is 6.07. The van der Waals surface area contributed by atoms with Gasteiger partial charge in [-0.15, -0.1) is 11.3 Å². The fourth-order valence-electron chi connectivity index (χ4n) is 4.24. The Morgan fingerprint density at radius 1 is 1.10 bits per heavy atom. The molecule has 4 rings (SSSR count). The number of carbonyl (C=O) groups is 2. The number of primary amides is 1. The van der Waals surface area contributed by atoms with Crippen molar-refractivity contribution in [2.45, 2.75) is 43.4 Å². The highest BCUT2D eigenvalue weighted by Crippen LogP contribution is 2.38. The number of thiophene rings is 1. The van der Waals surface area contributed by atoms with Gasteiger partial charge in [0.25, 0.3) is 5.91 Å². The summed E-state index contributed by atoms with van der Waals surface area (Å²) in [7, 11) is -3.62. The number of sulfonamides is 1. The minimum absolute atomic E-state index is 0.190. The molecular weight excluding hydrogens is 458 g/mol. The smallest absolute Gasteiger partial charge is 0.251 e. The largest absolute Gasteiger partial charge is 0.365 e. The van der Waals surface area contributed by atoms with Crippen LogP contribution in [-0.4, -0.2) is 37.6 Å². The molecule has 1 aromatic carbocycles. The van der Waals surface area contributed by atoms with Gasteiger partial charge in [0.1, 0.15) is 5.00 Å². The highest BCUT2D eigenvalue weighted by Gasteiger charge is 2.33. The van der Waals surface area contributed by atoms with Crippen LogP contribution in [0.4, 0.5) is 5.00 Å². The predicted molar refractivity (Wildman–Crippen MR) is 121 cm³/mol.